The number of rotatable bonds is 4. The quantitative estimate of drug-likeness (QED) is 0.818. The molecule has 92 valence electrons. The summed E-state index contributed by atoms with van der Waals surface area (Å²) in [5, 5.41) is 9.68. The van der Waals surface area contributed by atoms with E-state index in [1.165, 1.54) is 11.6 Å². The Bertz CT molecular complexity index is 529. The normalized spacial score (nSPS) is 11.9. The molecular formula is C16H16O2. The Morgan fingerprint density at radius 1 is 1.11 bits per heavy atom. The molecule has 0 aliphatic carbocycles. The van der Waals surface area contributed by atoms with Gasteiger partial charge in [0.2, 0.25) is 0 Å². The van der Waals surface area contributed by atoms with E-state index < -0.39 is 6.10 Å². The third-order valence-corrected chi connectivity index (χ3v) is 2.68. The first-order valence-corrected chi connectivity index (χ1v) is 5.84. The molecule has 2 nitrogen and oxygen atoms in total. The van der Waals surface area contributed by atoms with E-state index in [-0.39, 0.29) is 0 Å². The van der Waals surface area contributed by atoms with Crippen molar-refractivity contribution in [2.45, 2.75) is 13.0 Å². The van der Waals surface area contributed by atoms with Gasteiger partial charge in [0, 0.05) is 0 Å². The van der Waals surface area contributed by atoms with Crippen LogP contribution in [0, 0.1) is 6.92 Å². The van der Waals surface area contributed by atoms with Gasteiger partial charge in [-0.25, -0.2) is 0 Å². The fourth-order valence-electron chi connectivity index (χ4n) is 1.64. The van der Waals surface area contributed by atoms with Crippen molar-refractivity contribution in [1.29, 1.82) is 0 Å². The fourth-order valence-corrected chi connectivity index (χ4v) is 1.64. The maximum absolute atomic E-state index is 9.68. The maximum atomic E-state index is 9.68. The second-order valence-corrected chi connectivity index (χ2v) is 4.17. The highest BCUT2D eigenvalue weighted by Crippen LogP contribution is 2.25. The van der Waals surface area contributed by atoms with Gasteiger partial charge in [-0.15, -0.1) is 6.58 Å². The molecule has 0 aromatic heterocycles. The summed E-state index contributed by atoms with van der Waals surface area (Å²) in [5.74, 6) is 1.49. The Kier molecular flexibility index (Phi) is 3.80. The van der Waals surface area contributed by atoms with E-state index in [0.29, 0.717) is 5.75 Å². The number of ether oxygens (including phenoxy) is 1. The number of aliphatic hydroxyl groups excluding tert-OH is 1. The van der Waals surface area contributed by atoms with Crippen molar-refractivity contribution in [3.63, 3.8) is 0 Å². The van der Waals surface area contributed by atoms with Crippen molar-refractivity contribution in [3.8, 4) is 11.5 Å². The molecule has 2 aromatic rings. The van der Waals surface area contributed by atoms with Crippen LogP contribution in [-0.2, 0) is 0 Å². The van der Waals surface area contributed by atoms with Crippen LogP contribution in [0.4, 0.5) is 0 Å². The van der Waals surface area contributed by atoms with Crippen LogP contribution in [0.5, 0.6) is 11.5 Å². The smallest absolute Gasteiger partial charge is 0.127 e. The summed E-state index contributed by atoms with van der Waals surface area (Å²) in [5.41, 5.74) is 1.97. The SMILES string of the molecule is C=CC(O)c1cccc(Oc2ccc(C)cc2)c1. The highest BCUT2D eigenvalue weighted by molar-refractivity contribution is 5.36. The second-order valence-electron chi connectivity index (χ2n) is 4.17. The monoisotopic (exact) mass is 240 g/mol. The van der Waals surface area contributed by atoms with Crippen molar-refractivity contribution in [2.24, 2.45) is 0 Å². The zero-order chi connectivity index (χ0) is 13.0. The molecule has 1 N–H and O–H groups in total. The molecule has 2 aromatic carbocycles. The molecular weight excluding hydrogens is 224 g/mol. The summed E-state index contributed by atoms with van der Waals surface area (Å²) in [6.45, 7) is 5.60. The Hall–Kier alpha value is -2.06. The van der Waals surface area contributed by atoms with Gasteiger partial charge in [-0.1, -0.05) is 35.9 Å². The first kappa shape index (κ1) is 12.4. The molecule has 1 unspecified atom stereocenters. The minimum absolute atomic E-state index is 0.661. The fraction of sp³-hybridized carbons (Fsp3) is 0.125. The molecule has 0 aliphatic rings. The molecule has 0 radical (unpaired) electrons. The molecule has 0 saturated heterocycles. The lowest BCUT2D eigenvalue weighted by Gasteiger charge is -2.09. The molecule has 0 amide bonds. The van der Waals surface area contributed by atoms with E-state index in [1.807, 2.05) is 55.5 Å². The first-order valence-electron chi connectivity index (χ1n) is 5.84. The van der Waals surface area contributed by atoms with Gasteiger partial charge < -0.3 is 9.84 Å². The Morgan fingerprint density at radius 3 is 2.50 bits per heavy atom. The van der Waals surface area contributed by atoms with Crippen molar-refractivity contribution in [1.82, 2.24) is 0 Å². The van der Waals surface area contributed by atoms with Crippen LogP contribution in [0.1, 0.15) is 17.2 Å². The van der Waals surface area contributed by atoms with Crippen LogP contribution in [0.2, 0.25) is 0 Å². The molecule has 0 saturated carbocycles. The molecule has 2 rings (SSSR count). The second kappa shape index (κ2) is 5.52. The lowest BCUT2D eigenvalue weighted by atomic mass is 10.1. The maximum Gasteiger partial charge on any atom is 0.127 e. The van der Waals surface area contributed by atoms with Gasteiger partial charge in [0.25, 0.3) is 0 Å². The standard InChI is InChI=1S/C16H16O2/c1-3-16(17)13-5-4-6-15(11-13)18-14-9-7-12(2)8-10-14/h3-11,16-17H,1H2,2H3. The van der Waals surface area contributed by atoms with Gasteiger partial charge in [-0.2, -0.15) is 0 Å². The lowest BCUT2D eigenvalue weighted by Crippen LogP contribution is -1.93. The number of hydrogen-bond acceptors (Lipinski definition) is 2. The number of benzene rings is 2. The molecule has 18 heavy (non-hydrogen) atoms. The molecule has 0 heterocycles. The summed E-state index contributed by atoms with van der Waals surface area (Å²) in [6.07, 6.45) is 0.830. The Morgan fingerprint density at radius 2 is 1.83 bits per heavy atom. The van der Waals surface area contributed by atoms with Crippen molar-refractivity contribution in [3.05, 3.63) is 72.3 Å². The summed E-state index contributed by atoms with van der Waals surface area (Å²) >= 11 is 0. The summed E-state index contributed by atoms with van der Waals surface area (Å²) in [4.78, 5) is 0. The predicted octanol–water partition coefficient (Wildman–Crippen LogP) is 4.01. The molecule has 0 aliphatic heterocycles. The third kappa shape index (κ3) is 2.99. The van der Waals surface area contributed by atoms with E-state index in [4.69, 9.17) is 4.74 Å². The van der Waals surface area contributed by atoms with E-state index in [9.17, 15) is 5.11 Å². The molecule has 0 fully saturated rings. The van der Waals surface area contributed by atoms with Crippen molar-refractivity contribution < 1.29 is 9.84 Å². The van der Waals surface area contributed by atoms with Crippen molar-refractivity contribution >= 4 is 0 Å². The molecule has 1 atom stereocenters. The van der Waals surface area contributed by atoms with E-state index in [2.05, 4.69) is 6.58 Å². The zero-order valence-corrected chi connectivity index (χ0v) is 10.3. The van der Waals surface area contributed by atoms with Gasteiger partial charge in [-0.05, 0) is 36.8 Å². The van der Waals surface area contributed by atoms with E-state index in [0.717, 1.165) is 11.3 Å². The predicted molar refractivity (Wildman–Crippen MR) is 72.9 cm³/mol. The van der Waals surface area contributed by atoms with Crippen LogP contribution in [0.15, 0.2) is 61.2 Å². The Labute approximate surface area is 107 Å². The minimum atomic E-state index is -0.661. The van der Waals surface area contributed by atoms with Crippen LogP contribution < -0.4 is 4.74 Å². The third-order valence-electron chi connectivity index (χ3n) is 2.68. The van der Waals surface area contributed by atoms with Gasteiger partial charge in [0.1, 0.15) is 11.5 Å². The van der Waals surface area contributed by atoms with Crippen LogP contribution >= 0.6 is 0 Å². The van der Waals surface area contributed by atoms with Crippen LogP contribution in [-0.4, -0.2) is 5.11 Å². The van der Waals surface area contributed by atoms with Gasteiger partial charge >= 0.3 is 0 Å². The van der Waals surface area contributed by atoms with Gasteiger partial charge in [-0.3, -0.25) is 0 Å². The highest BCUT2D eigenvalue weighted by atomic mass is 16.5. The van der Waals surface area contributed by atoms with Gasteiger partial charge in [0.15, 0.2) is 0 Å². The van der Waals surface area contributed by atoms with Crippen LogP contribution in [0.25, 0.3) is 0 Å². The lowest BCUT2D eigenvalue weighted by molar-refractivity contribution is 0.228. The van der Waals surface area contributed by atoms with E-state index in [1.54, 1.807) is 0 Å². The zero-order valence-electron chi connectivity index (χ0n) is 10.3. The van der Waals surface area contributed by atoms with Crippen molar-refractivity contribution in [2.75, 3.05) is 0 Å². The Balaban J connectivity index is 2.19. The van der Waals surface area contributed by atoms with E-state index >= 15 is 0 Å². The van der Waals surface area contributed by atoms with Gasteiger partial charge in [0.05, 0.1) is 6.10 Å². The van der Waals surface area contributed by atoms with Crippen LogP contribution in [0.3, 0.4) is 0 Å². The molecule has 2 heteroatoms. The summed E-state index contributed by atoms with van der Waals surface area (Å²) in [6, 6.07) is 15.2. The number of hydrogen-bond donors (Lipinski definition) is 1. The minimum Gasteiger partial charge on any atom is -0.457 e. The highest BCUT2D eigenvalue weighted by Gasteiger charge is 2.04. The largest absolute Gasteiger partial charge is 0.457 e. The molecule has 0 bridgehead atoms. The summed E-state index contributed by atoms with van der Waals surface area (Å²) < 4.78 is 5.72. The average Bonchev–Trinajstić information content (AvgIpc) is 2.41. The topological polar surface area (TPSA) is 29.5 Å². The number of aliphatic hydroxyl groups is 1. The number of aryl methyl sites for hydroxylation is 1. The molecule has 0 spiro atoms. The first-order chi connectivity index (χ1) is 8.69. The summed E-state index contributed by atoms with van der Waals surface area (Å²) in [7, 11) is 0. The average molecular weight is 240 g/mol.